The lowest BCUT2D eigenvalue weighted by molar-refractivity contribution is 1.34. The van der Waals surface area contributed by atoms with Crippen LogP contribution in [0.1, 0.15) is 26.3 Å². The largest absolute Gasteiger partial charge is 0.402 e. The van der Waals surface area contributed by atoms with Crippen LogP contribution in [0.25, 0.3) is 6.08 Å². The normalized spacial score (nSPS) is 10.2. The molecular formula is C11H18N2. The highest BCUT2D eigenvalue weighted by Gasteiger charge is 1.91. The second-order valence-corrected chi connectivity index (χ2v) is 2.52. The Morgan fingerprint density at radius 2 is 1.77 bits per heavy atom. The smallest absolute Gasteiger partial charge is 0.0388 e. The van der Waals surface area contributed by atoms with Crippen molar-refractivity contribution in [3.05, 3.63) is 35.5 Å². The Kier molecular flexibility index (Phi) is 5.44. The van der Waals surface area contributed by atoms with E-state index in [1.807, 2.05) is 51.1 Å². The zero-order chi connectivity index (χ0) is 10.3. The number of hydrogen-bond donors (Lipinski definition) is 2. The van der Waals surface area contributed by atoms with Gasteiger partial charge in [0.05, 0.1) is 0 Å². The molecule has 0 radical (unpaired) electrons. The molecule has 0 fully saturated rings. The lowest BCUT2D eigenvalue weighted by atomic mass is 10.1. The molecule has 2 heteroatoms. The summed E-state index contributed by atoms with van der Waals surface area (Å²) in [6, 6.07) is 7.63. The van der Waals surface area contributed by atoms with Gasteiger partial charge < -0.3 is 11.5 Å². The van der Waals surface area contributed by atoms with Gasteiger partial charge in [-0.15, -0.1) is 0 Å². The molecule has 0 unspecified atom stereocenters. The van der Waals surface area contributed by atoms with Crippen molar-refractivity contribution >= 4 is 11.8 Å². The topological polar surface area (TPSA) is 52.0 Å². The third kappa shape index (κ3) is 4.21. The van der Waals surface area contributed by atoms with Crippen molar-refractivity contribution < 1.29 is 0 Å². The molecule has 0 saturated carbocycles. The third-order valence-corrected chi connectivity index (χ3v) is 1.38. The van der Waals surface area contributed by atoms with Gasteiger partial charge in [-0.05, 0) is 24.6 Å². The van der Waals surface area contributed by atoms with Crippen molar-refractivity contribution in [1.82, 2.24) is 0 Å². The van der Waals surface area contributed by atoms with Gasteiger partial charge in [-0.3, -0.25) is 0 Å². The second-order valence-electron chi connectivity index (χ2n) is 2.52. The Morgan fingerprint density at radius 1 is 1.23 bits per heavy atom. The van der Waals surface area contributed by atoms with Gasteiger partial charge in [-0.2, -0.15) is 0 Å². The lowest BCUT2D eigenvalue weighted by Gasteiger charge is -1.98. The minimum Gasteiger partial charge on any atom is -0.402 e. The summed E-state index contributed by atoms with van der Waals surface area (Å²) in [4.78, 5) is 0. The predicted octanol–water partition coefficient (Wildman–Crippen LogP) is 2.61. The lowest BCUT2D eigenvalue weighted by Crippen LogP contribution is -1.92. The molecule has 4 N–H and O–H groups in total. The Morgan fingerprint density at radius 3 is 2.23 bits per heavy atom. The van der Waals surface area contributed by atoms with Gasteiger partial charge in [0.2, 0.25) is 0 Å². The summed E-state index contributed by atoms with van der Waals surface area (Å²) >= 11 is 0. The number of benzene rings is 1. The monoisotopic (exact) mass is 178 g/mol. The van der Waals surface area contributed by atoms with Gasteiger partial charge in [-0.1, -0.05) is 32.0 Å². The third-order valence-electron chi connectivity index (χ3n) is 1.38. The molecule has 13 heavy (non-hydrogen) atoms. The Bertz CT molecular complexity index is 273. The van der Waals surface area contributed by atoms with Crippen molar-refractivity contribution in [3.63, 3.8) is 0 Å². The summed E-state index contributed by atoms with van der Waals surface area (Å²) in [6.45, 7) is 5.84. The molecule has 0 aliphatic carbocycles. The number of nitrogens with two attached hydrogens (primary N) is 2. The van der Waals surface area contributed by atoms with Crippen LogP contribution in [0, 0.1) is 0 Å². The van der Waals surface area contributed by atoms with E-state index in [0.717, 1.165) is 16.9 Å². The molecule has 0 aromatic heterocycles. The van der Waals surface area contributed by atoms with E-state index in [1.54, 1.807) is 0 Å². The van der Waals surface area contributed by atoms with Gasteiger partial charge in [-0.25, -0.2) is 0 Å². The first-order chi connectivity index (χ1) is 6.20. The standard InChI is InChI=1S/C9H12N2.C2H6/c1-7(10)6-8-4-2-3-5-9(8)11;1-2/h2-6H,10-11H2,1H3;1-2H3/b7-6-;. The van der Waals surface area contributed by atoms with E-state index < -0.39 is 0 Å². The van der Waals surface area contributed by atoms with Crippen LogP contribution in [0.4, 0.5) is 5.69 Å². The molecule has 0 saturated heterocycles. The van der Waals surface area contributed by atoms with E-state index >= 15 is 0 Å². The fourth-order valence-electron chi connectivity index (χ4n) is 0.888. The number of anilines is 1. The van der Waals surface area contributed by atoms with Gasteiger partial charge in [0.25, 0.3) is 0 Å². The molecule has 1 aromatic rings. The van der Waals surface area contributed by atoms with Crippen molar-refractivity contribution in [2.75, 3.05) is 5.73 Å². The van der Waals surface area contributed by atoms with E-state index in [2.05, 4.69) is 0 Å². The van der Waals surface area contributed by atoms with Crippen molar-refractivity contribution in [3.8, 4) is 0 Å². The molecule has 0 aliphatic heterocycles. The van der Waals surface area contributed by atoms with Crippen LogP contribution in [0.15, 0.2) is 30.0 Å². The summed E-state index contributed by atoms with van der Waals surface area (Å²) < 4.78 is 0. The minimum atomic E-state index is 0.761. The summed E-state index contributed by atoms with van der Waals surface area (Å²) in [5.41, 5.74) is 13.7. The summed E-state index contributed by atoms with van der Waals surface area (Å²) in [6.07, 6.45) is 1.86. The molecule has 0 aliphatic rings. The van der Waals surface area contributed by atoms with E-state index in [0.29, 0.717) is 0 Å². The van der Waals surface area contributed by atoms with Crippen LogP contribution in [-0.4, -0.2) is 0 Å². The average molecular weight is 178 g/mol. The first-order valence-electron chi connectivity index (χ1n) is 4.48. The van der Waals surface area contributed by atoms with Gasteiger partial charge in [0, 0.05) is 11.4 Å². The quantitative estimate of drug-likeness (QED) is 0.649. The van der Waals surface area contributed by atoms with Gasteiger partial charge >= 0.3 is 0 Å². The Labute approximate surface area is 80.3 Å². The summed E-state index contributed by atoms with van der Waals surface area (Å²) in [5, 5.41) is 0. The first-order valence-corrected chi connectivity index (χ1v) is 4.48. The van der Waals surface area contributed by atoms with E-state index in [4.69, 9.17) is 11.5 Å². The van der Waals surface area contributed by atoms with Crippen molar-refractivity contribution in [2.45, 2.75) is 20.8 Å². The molecule has 0 spiro atoms. The Balaban J connectivity index is 0.000000671. The number of para-hydroxylation sites is 1. The molecule has 0 heterocycles. The number of nitrogen functional groups attached to an aromatic ring is 1. The maximum Gasteiger partial charge on any atom is 0.0388 e. The average Bonchev–Trinajstić information content (AvgIpc) is 2.12. The zero-order valence-electron chi connectivity index (χ0n) is 8.54. The van der Waals surface area contributed by atoms with Crippen LogP contribution >= 0.6 is 0 Å². The first kappa shape index (κ1) is 11.6. The molecule has 1 aromatic carbocycles. The van der Waals surface area contributed by atoms with E-state index in [9.17, 15) is 0 Å². The fraction of sp³-hybridized carbons (Fsp3) is 0.273. The molecular weight excluding hydrogens is 160 g/mol. The molecule has 72 valence electrons. The van der Waals surface area contributed by atoms with E-state index in [-0.39, 0.29) is 0 Å². The van der Waals surface area contributed by atoms with Gasteiger partial charge in [0.1, 0.15) is 0 Å². The van der Waals surface area contributed by atoms with Crippen molar-refractivity contribution in [2.24, 2.45) is 5.73 Å². The van der Waals surface area contributed by atoms with Crippen LogP contribution in [-0.2, 0) is 0 Å². The highest BCUT2D eigenvalue weighted by Crippen LogP contribution is 2.12. The second kappa shape index (κ2) is 6.12. The minimum absolute atomic E-state index is 0.761. The fourth-order valence-corrected chi connectivity index (χ4v) is 0.888. The molecule has 0 amide bonds. The summed E-state index contributed by atoms with van der Waals surface area (Å²) in [5.74, 6) is 0. The van der Waals surface area contributed by atoms with Crippen LogP contribution < -0.4 is 11.5 Å². The maximum absolute atomic E-state index is 5.67. The van der Waals surface area contributed by atoms with Crippen LogP contribution in [0.5, 0.6) is 0 Å². The number of rotatable bonds is 1. The van der Waals surface area contributed by atoms with Gasteiger partial charge in [0.15, 0.2) is 0 Å². The zero-order valence-corrected chi connectivity index (χ0v) is 8.54. The van der Waals surface area contributed by atoms with E-state index in [1.165, 1.54) is 0 Å². The van der Waals surface area contributed by atoms with Crippen molar-refractivity contribution in [1.29, 1.82) is 0 Å². The highest BCUT2D eigenvalue weighted by molar-refractivity contribution is 5.65. The number of allylic oxidation sites excluding steroid dienone is 1. The SMILES string of the molecule is C/C(N)=C/c1ccccc1N.CC. The number of hydrogen-bond acceptors (Lipinski definition) is 2. The molecule has 2 nitrogen and oxygen atoms in total. The Hall–Kier alpha value is -1.44. The van der Waals surface area contributed by atoms with Crippen LogP contribution in [0.3, 0.4) is 0 Å². The van der Waals surface area contributed by atoms with Crippen LogP contribution in [0.2, 0.25) is 0 Å². The molecule has 0 bridgehead atoms. The maximum atomic E-state index is 5.67. The predicted molar refractivity (Wildman–Crippen MR) is 60.0 cm³/mol. The highest BCUT2D eigenvalue weighted by atomic mass is 14.6. The molecule has 0 atom stereocenters. The molecule has 1 rings (SSSR count). The summed E-state index contributed by atoms with van der Waals surface area (Å²) in [7, 11) is 0.